The number of rotatable bonds is 3. The third-order valence-electron chi connectivity index (χ3n) is 2.33. The van der Waals surface area contributed by atoms with Crippen LogP contribution in [0.4, 0.5) is 0 Å². The summed E-state index contributed by atoms with van der Waals surface area (Å²) in [5, 5.41) is 20.3. The van der Waals surface area contributed by atoms with Gasteiger partial charge in [0.2, 0.25) is 0 Å². The Morgan fingerprint density at radius 1 is 1.53 bits per heavy atom. The molecule has 0 saturated carbocycles. The summed E-state index contributed by atoms with van der Waals surface area (Å²) >= 11 is 5.99. The van der Waals surface area contributed by atoms with Crippen LogP contribution in [0.2, 0.25) is 5.02 Å². The first-order chi connectivity index (χ1) is 8.09. The third-order valence-corrected chi connectivity index (χ3v) is 2.73. The van der Waals surface area contributed by atoms with Gasteiger partial charge in [0, 0.05) is 10.6 Å². The average Bonchev–Trinajstić information content (AvgIpc) is 2.69. The molecule has 0 spiro atoms. The SMILES string of the molecule is Cc1c(Cl)cccc1-c1nnnn1CC(=O)O. The lowest BCUT2D eigenvalue weighted by Crippen LogP contribution is -2.12. The predicted molar refractivity (Wildman–Crippen MR) is 60.6 cm³/mol. The molecule has 0 radical (unpaired) electrons. The van der Waals surface area contributed by atoms with Crippen LogP contribution in [-0.2, 0) is 11.3 Å². The number of benzene rings is 1. The van der Waals surface area contributed by atoms with Crippen molar-refractivity contribution in [2.75, 3.05) is 0 Å². The topological polar surface area (TPSA) is 80.9 Å². The third kappa shape index (κ3) is 2.26. The smallest absolute Gasteiger partial charge is 0.325 e. The van der Waals surface area contributed by atoms with Crippen molar-refractivity contribution >= 4 is 17.6 Å². The monoisotopic (exact) mass is 252 g/mol. The van der Waals surface area contributed by atoms with Crippen LogP contribution in [0, 0.1) is 6.92 Å². The van der Waals surface area contributed by atoms with E-state index in [0.717, 1.165) is 11.1 Å². The van der Waals surface area contributed by atoms with Gasteiger partial charge in [-0.2, -0.15) is 0 Å². The number of aromatic nitrogens is 4. The van der Waals surface area contributed by atoms with Crippen LogP contribution < -0.4 is 0 Å². The molecule has 88 valence electrons. The molecule has 1 aromatic heterocycles. The zero-order valence-corrected chi connectivity index (χ0v) is 9.72. The fourth-order valence-corrected chi connectivity index (χ4v) is 1.66. The van der Waals surface area contributed by atoms with E-state index in [9.17, 15) is 4.79 Å². The van der Waals surface area contributed by atoms with Gasteiger partial charge in [0.1, 0.15) is 6.54 Å². The van der Waals surface area contributed by atoms with Gasteiger partial charge in [0.05, 0.1) is 0 Å². The molecule has 2 rings (SSSR count). The second-order valence-electron chi connectivity index (χ2n) is 3.47. The molecule has 0 amide bonds. The molecule has 7 heteroatoms. The molecule has 0 aliphatic rings. The normalized spacial score (nSPS) is 10.5. The Bertz CT molecular complexity index is 567. The van der Waals surface area contributed by atoms with Gasteiger partial charge in [-0.1, -0.05) is 23.7 Å². The summed E-state index contributed by atoms with van der Waals surface area (Å²) in [6.45, 7) is 1.55. The zero-order valence-electron chi connectivity index (χ0n) is 8.96. The summed E-state index contributed by atoms with van der Waals surface area (Å²) in [7, 11) is 0. The quantitative estimate of drug-likeness (QED) is 0.893. The summed E-state index contributed by atoms with van der Waals surface area (Å²) in [5.74, 6) is -0.606. The Hall–Kier alpha value is -1.95. The number of carboxylic acid groups (broad SMARTS) is 1. The maximum absolute atomic E-state index is 10.7. The van der Waals surface area contributed by atoms with Gasteiger partial charge in [-0.3, -0.25) is 4.79 Å². The van der Waals surface area contributed by atoms with Gasteiger partial charge >= 0.3 is 5.97 Å². The first-order valence-corrected chi connectivity index (χ1v) is 5.21. The van der Waals surface area contributed by atoms with Crippen LogP contribution >= 0.6 is 11.6 Å². The van der Waals surface area contributed by atoms with Gasteiger partial charge < -0.3 is 5.11 Å². The molecule has 0 unspecified atom stereocenters. The highest BCUT2D eigenvalue weighted by atomic mass is 35.5. The van der Waals surface area contributed by atoms with Crippen LogP contribution in [0.15, 0.2) is 18.2 Å². The number of nitrogens with zero attached hydrogens (tertiary/aromatic N) is 4. The minimum Gasteiger partial charge on any atom is -0.480 e. The van der Waals surface area contributed by atoms with E-state index in [-0.39, 0.29) is 6.54 Å². The second-order valence-corrected chi connectivity index (χ2v) is 3.87. The lowest BCUT2D eigenvalue weighted by molar-refractivity contribution is -0.137. The number of carboxylic acids is 1. The Morgan fingerprint density at radius 3 is 3.00 bits per heavy atom. The van der Waals surface area contributed by atoms with Crippen molar-refractivity contribution in [2.45, 2.75) is 13.5 Å². The van der Waals surface area contributed by atoms with E-state index in [1.807, 2.05) is 6.92 Å². The molecule has 0 bridgehead atoms. The second kappa shape index (κ2) is 4.50. The number of tetrazole rings is 1. The maximum atomic E-state index is 10.7. The maximum Gasteiger partial charge on any atom is 0.325 e. The molecule has 0 aliphatic heterocycles. The predicted octanol–water partition coefficient (Wildman–Crippen LogP) is 1.39. The van der Waals surface area contributed by atoms with Crippen molar-refractivity contribution in [2.24, 2.45) is 0 Å². The molecule has 17 heavy (non-hydrogen) atoms. The highest BCUT2D eigenvalue weighted by molar-refractivity contribution is 6.31. The zero-order chi connectivity index (χ0) is 12.4. The number of carbonyl (C=O) groups is 1. The molecule has 0 atom stereocenters. The Labute approximate surface area is 102 Å². The number of aliphatic carboxylic acids is 1. The molecule has 0 fully saturated rings. The summed E-state index contributed by atoms with van der Waals surface area (Å²) in [6.07, 6.45) is 0. The van der Waals surface area contributed by atoms with E-state index in [1.165, 1.54) is 4.68 Å². The molecule has 0 saturated heterocycles. The van der Waals surface area contributed by atoms with Crippen molar-refractivity contribution < 1.29 is 9.90 Å². The lowest BCUT2D eigenvalue weighted by atomic mass is 10.1. The molecular weight excluding hydrogens is 244 g/mol. The van der Waals surface area contributed by atoms with Gasteiger partial charge in [0.25, 0.3) is 0 Å². The summed E-state index contributed by atoms with van der Waals surface area (Å²) in [4.78, 5) is 10.7. The van der Waals surface area contributed by atoms with Gasteiger partial charge in [-0.25, -0.2) is 4.68 Å². The van der Waals surface area contributed by atoms with E-state index < -0.39 is 5.97 Å². The minimum absolute atomic E-state index is 0.283. The van der Waals surface area contributed by atoms with E-state index in [2.05, 4.69) is 15.5 Å². The van der Waals surface area contributed by atoms with Gasteiger partial charge in [0.15, 0.2) is 5.82 Å². The fraction of sp³-hybridized carbons (Fsp3) is 0.200. The number of hydrogen-bond acceptors (Lipinski definition) is 4. The molecule has 1 N–H and O–H groups in total. The Balaban J connectivity index is 2.50. The van der Waals surface area contributed by atoms with Crippen LogP contribution in [0.1, 0.15) is 5.56 Å². The van der Waals surface area contributed by atoms with Crippen molar-refractivity contribution in [1.82, 2.24) is 20.2 Å². The Kier molecular flexibility index (Phi) is 3.06. The highest BCUT2D eigenvalue weighted by Crippen LogP contribution is 2.26. The average molecular weight is 253 g/mol. The number of hydrogen-bond donors (Lipinski definition) is 1. The summed E-state index contributed by atoms with van der Waals surface area (Å²) in [6, 6.07) is 5.32. The molecule has 1 heterocycles. The summed E-state index contributed by atoms with van der Waals surface area (Å²) < 4.78 is 1.22. The number of halogens is 1. The van der Waals surface area contributed by atoms with Crippen molar-refractivity contribution in [3.05, 3.63) is 28.8 Å². The van der Waals surface area contributed by atoms with Crippen molar-refractivity contribution in [3.8, 4) is 11.4 Å². The molecule has 2 aromatic rings. The highest BCUT2D eigenvalue weighted by Gasteiger charge is 2.14. The Morgan fingerprint density at radius 2 is 2.29 bits per heavy atom. The van der Waals surface area contributed by atoms with Crippen molar-refractivity contribution in [1.29, 1.82) is 0 Å². The molecule has 1 aromatic carbocycles. The van der Waals surface area contributed by atoms with Gasteiger partial charge in [-0.05, 0) is 29.0 Å². The summed E-state index contributed by atoms with van der Waals surface area (Å²) in [5.41, 5.74) is 1.54. The molecule has 6 nitrogen and oxygen atoms in total. The molecule has 0 aliphatic carbocycles. The van der Waals surface area contributed by atoms with Crippen molar-refractivity contribution in [3.63, 3.8) is 0 Å². The van der Waals surface area contributed by atoms with Crippen LogP contribution in [0.25, 0.3) is 11.4 Å². The molecular formula is C10H9ClN4O2. The van der Waals surface area contributed by atoms with E-state index in [4.69, 9.17) is 16.7 Å². The van der Waals surface area contributed by atoms with Crippen LogP contribution in [0.3, 0.4) is 0 Å². The fourth-order valence-electron chi connectivity index (χ4n) is 1.48. The first-order valence-electron chi connectivity index (χ1n) is 4.83. The first kappa shape index (κ1) is 11.5. The van der Waals surface area contributed by atoms with Crippen LogP contribution in [0.5, 0.6) is 0 Å². The van der Waals surface area contributed by atoms with E-state index in [1.54, 1.807) is 18.2 Å². The van der Waals surface area contributed by atoms with E-state index >= 15 is 0 Å². The van der Waals surface area contributed by atoms with Gasteiger partial charge in [-0.15, -0.1) is 5.10 Å². The van der Waals surface area contributed by atoms with Crippen LogP contribution in [-0.4, -0.2) is 31.3 Å². The minimum atomic E-state index is -1.00. The largest absolute Gasteiger partial charge is 0.480 e. The van der Waals surface area contributed by atoms with E-state index in [0.29, 0.717) is 10.8 Å². The standard InChI is InChI=1S/C10H9ClN4O2/c1-6-7(3-2-4-8(6)11)10-12-13-14-15(10)5-9(16)17/h2-4H,5H2,1H3,(H,16,17). The lowest BCUT2D eigenvalue weighted by Gasteiger charge is -2.06.